The number of halogens is 1. The minimum atomic E-state index is 0.504. The normalized spacial score (nSPS) is 18.1. The van der Waals surface area contributed by atoms with Crippen LogP contribution in [-0.2, 0) is 5.88 Å². The van der Waals surface area contributed by atoms with E-state index in [4.69, 9.17) is 16.6 Å². The molecule has 1 saturated carbocycles. The first-order valence-corrected chi connectivity index (χ1v) is 8.36. The molecule has 1 aromatic heterocycles. The highest BCUT2D eigenvalue weighted by molar-refractivity contribution is 6.16. The Balaban J connectivity index is 2.03. The molecule has 0 atom stereocenters. The summed E-state index contributed by atoms with van der Waals surface area (Å²) in [6, 6.07) is 7.15. The van der Waals surface area contributed by atoms with E-state index in [1.165, 1.54) is 56.0 Å². The summed E-state index contributed by atoms with van der Waals surface area (Å²) < 4.78 is 2.42. The summed E-state index contributed by atoms with van der Waals surface area (Å²) in [6.45, 7) is 2.12. The molecule has 0 aliphatic heterocycles. The van der Waals surface area contributed by atoms with Crippen molar-refractivity contribution in [3.63, 3.8) is 0 Å². The van der Waals surface area contributed by atoms with Gasteiger partial charge in [0.15, 0.2) is 0 Å². The number of hydrogen-bond donors (Lipinski definition) is 0. The van der Waals surface area contributed by atoms with Crippen LogP contribution < -0.4 is 0 Å². The number of aromatic nitrogens is 2. The van der Waals surface area contributed by atoms with Crippen molar-refractivity contribution in [2.24, 2.45) is 0 Å². The number of benzene rings is 1. The van der Waals surface area contributed by atoms with E-state index in [9.17, 15) is 0 Å². The second-order valence-electron chi connectivity index (χ2n) is 6.02. The van der Waals surface area contributed by atoms with E-state index in [-0.39, 0.29) is 0 Å². The molecule has 1 heterocycles. The fourth-order valence-electron chi connectivity index (χ4n) is 3.45. The average molecular weight is 291 g/mol. The fraction of sp³-hybridized carbons (Fsp3) is 0.588. The number of imidazole rings is 1. The number of fused-ring (bicyclic) bond motifs is 1. The molecule has 20 heavy (non-hydrogen) atoms. The van der Waals surface area contributed by atoms with Crippen LogP contribution in [0.3, 0.4) is 0 Å². The molecule has 0 unspecified atom stereocenters. The van der Waals surface area contributed by atoms with Gasteiger partial charge in [0.25, 0.3) is 0 Å². The van der Waals surface area contributed by atoms with Gasteiger partial charge in [-0.3, -0.25) is 0 Å². The lowest BCUT2D eigenvalue weighted by atomic mass is 9.96. The van der Waals surface area contributed by atoms with Gasteiger partial charge in [-0.1, -0.05) is 38.2 Å². The zero-order valence-electron chi connectivity index (χ0n) is 12.2. The summed E-state index contributed by atoms with van der Waals surface area (Å²) in [7, 11) is 0. The Morgan fingerprint density at radius 3 is 2.55 bits per heavy atom. The molecule has 2 nitrogen and oxygen atoms in total. The predicted molar refractivity (Wildman–Crippen MR) is 85.4 cm³/mol. The Hall–Kier alpha value is -1.02. The molecule has 1 aromatic carbocycles. The molecule has 1 aliphatic carbocycles. The minimum Gasteiger partial charge on any atom is -0.324 e. The minimum absolute atomic E-state index is 0.504. The third kappa shape index (κ3) is 2.71. The number of aryl methyl sites for hydroxylation is 1. The van der Waals surface area contributed by atoms with Crippen molar-refractivity contribution in [1.29, 1.82) is 0 Å². The average Bonchev–Trinajstić information content (AvgIpc) is 2.76. The smallest absolute Gasteiger partial charge is 0.125 e. The molecule has 0 radical (unpaired) electrons. The monoisotopic (exact) mass is 290 g/mol. The van der Waals surface area contributed by atoms with Crippen molar-refractivity contribution < 1.29 is 0 Å². The van der Waals surface area contributed by atoms with Gasteiger partial charge in [0.2, 0.25) is 0 Å². The van der Waals surface area contributed by atoms with Crippen molar-refractivity contribution in [3.05, 3.63) is 29.6 Å². The van der Waals surface area contributed by atoms with Gasteiger partial charge in [-0.25, -0.2) is 4.98 Å². The molecule has 1 fully saturated rings. The highest BCUT2D eigenvalue weighted by atomic mass is 35.5. The van der Waals surface area contributed by atoms with Crippen LogP contribution >= 0.6 is 11.6 Å². The van der Waals surface area contributed by atoms with Crippen molar-refractivity contribution in [1.82, 2.24) is 9.55 Å². The van der Waals surface area contributed by atoms with Gasteiger partial charge in [0, 0.05) is 6.04 Å². The van der Waals surface area contributed by atoms with Crippen LogP contribution in [0.1, 0.15) is 62.4 Å². The Bertz CT molecular complexity index is 580. The van der Waals surface area contributed by atoms with Crippen LogP contribution in [0.2, 0.25) is 0 Å². The van der Waals surface area contributed by atoms with Crippen LogP contribution in [0.15, 0.2) is 18.2 Å². The van der Waals surface area contributed by atoms with Gasteiger partial charge in [-0.2, -0.15) is 0 Å². The Morgan fingerprint density at radius 2 is 1.85 bits per heavy atom. The second-order valence-corrected chi connectivity index (χ2v) is 6.29. The van der Waals surface area contributed by atoms with Crippen LogP contribution in [0.25, 0.3) is 11.0 Å². The molecule has 0 bridgehead atoms. The van der Waals surface area contributed by atoms with Gasteiger partial charge in [-0.15, -0.1) is 11.6 Å². The third-order valence-electron chi connectivity index (χ3n) is 4.48. The standard InChI is InChI=1S/C17H23ClN2/c1-13-9-10-16-15(11-13)19-17(12-18)20(16)14-7-5-3-2-4-6-8-14/h9-11,14H,2-8,12H2,1H3. The highest BCUT2D eigenvalue weighted by Gasteiger charge is 2.19. The Labute approximate surface area is 126 Å². The molecule has 1 aliphatic rings. The molecule has 0 N–H and O–H groups in total. The van der Waals surface area contributed by atoms with Crippen LogP contribution in [0, 0.1) is 6.92 Å². The zero-order chi connectivity index (χ0) is 13.9. The molecule has 0 saturated heterocycles. The van der Waals surface area contributed by atoms with Gasteiger partial charge < -0.3 is 4.57 Å². The van der Waals surface area contributed by atoms with Gasteiger partial charge >= 0.3 is 0 Å². The van der Waals surface area contributed by atoms with E-state index < -0.39 is 0 Å². The molecular formula is C17H23ClN2. The van der Waals surface area contributed by atoms with Crippen molar-refractivity contribution >= 4 is 22.6 Å². The molecule has 2 aromatic rings. The SMILES string of the molecule is Cc1ccc2c(c1)nc(CCl)n2C1CCCCCCC1. The Kier molecular flexibility index (Phi) is 4.30. The van der Waals surface area contributed by atoms with Gasteiger partial charge in [-0.05, 0) is 37.5 Å². The maximum atomic E-state index is 6.15. The van der Waals surface area contributed by atoms with Crippen molar-refractivity contribution in [2.75, 3.05) is 0 Å². The van der Waals surface area contributed by atoms with E-state index in [2.05, 4.69) is 29.7 Å². The van der Waals surface area contributed by atoms with Gasteiger partial charge in [0.1, 0.15) is 5.82 Å². The van der Waals surface area contributed by atoms with Crippen molar-refractivity contribution in [3.8, 4) is 0 Å². The van der Waals surface area contributed by atoms with E-state index in [0.29, 0.717) is 11.9 Å². The summed E-state index contributed by atoms with van der Waals surface area (Å²) in [5.74, 6) is 1.54. The first kappa shape index (κ1) is 13.9. The number of hydrogen-bond acceptors (Lipinski definition) is 1. The van der Waals surface area contributed by atoms with Gasteiger partial charge in [0.05, 0.1) is 16.9 Å². The lowest BCUT2D eigenvalue weighted by Gasteiger charge is -2.23. The Morgan fingerprint density at radius 1 is 1.15 bits per heavy atom. The highest BCUT2D eigenvalue weighted by Crippen LogP contribution is 2.31. The number of alkyl halides is 1. The molecule has 3 heteroatoms. The maximum absolute atomic E-state index is 6.15. The molecular weight excluding hydrogens is 268 g/mol. The van der Waals surface area contributed by atoms with E-state index in [1.807, 2.05) is 0 Å². The summed E-state index contributed by atoms with van der Waals surface area (Å²) >= 11 is 6.15. The van der Waals surface area contributed by atoms with E-state index >= 15 is 0 Å². The van der Waals surface area contributed by atoms with Crippen LogP contribution in [0.4, 0.5) is 0 Å². The first-order chi connectivity index (χ1) is 9.79. The quantitative estimate of drug-likeness (QED) is 0.680. The molecule has 108 valence electrons. The van der Waals surface area contributed by atoms with Crippen LogP contribution in [0.5, 0.6) is 0 Å². The largest absolute Gasteiger partial charge is 0.324 e. The van der Waals surface area contributed by atoms with E-state index in [1.54, 1.807) is 0 Å². The summed E-state index contributed by atoms with van der Waals surface area (Å²) in [4.78, 5) is 4.75. The number of nitrogens with zero attached hydrogens (tertiary/aromatic N) is 2. The second kappa shape index (κ2) is 6.17. The topological polar surface area (TPSA) is 17.8 Å². The number of rotatable bonds is 2. The van der Waals surface area contributed by atoms with Crippen LogP contribution in [-0.4, -0.2) is 9.55 Å². The first-order valence-electron chi connectivity index (χ1n) is 7.83. The lowest BCUT2D eigenvalue weighted by Crippen LogP contribution is -2.13. The predicted octanol–water partition coefficient (Wildman–Crippen LogP) is 5.37. The lowest BCUT2D eigenvalue weighted by molar-refractivity contribution is 0.373. The van der Waals surface area contributed by atoms with E-state index in [0.717, 1.165) is 11.3 Å². The molecule has 0 spiro atoms. The van der Waals surface area contributed by atoms with Crippen molar-refractivity contribution in [2.45, 2.75) is 63.8 Å². The summed E-state index contributed by atoms with van der Waals surface area (Å²) in [5, 5.41) is 0. The summed E-state index contributed by atoms with van der Waals surface area (Å²) in [6.07, 6.45) is 9.35. The molecule has 3 rings (SSSR count). The fourth-order valence-corrected chi connectivity index (χ4v) is 3.64. The maximum Gasteiger partial charge on any atom is 0.125 e. The molecule has 0 amide bonds. The summed E-state index contributed by atoms with van der Waals surface area (Å²) in [5.41, 5.74) is 3.63. The zero-order valence-corrected chi connectivity index (χ0v) is 13.0. The third-order valence-corrected chi connectivity index (χ3v) is 4.72.